The molecule has 3 aliphatic rings. The standard InChI is InChI=1S/C16H27N3O3/c1-18-6-2-13(3-7-18)4-8-19-9-5-17-10-15(19)16(20)22-14-11-21-12-14/h11,13,15,17H,2-10,12H2,1H3. The molecular weight excluding hydrogens is 282 g/mol. The minimum atomic E-state index is -0.165. The summed E-state index contributed by atoms with van der Waals surface area (Å²) in [5, 5.41) is 3.30. The normalized spacial score (nSPS) is 27.7. The molecular formula is C16H27N3O3. The molecule has 0 bridgehead atoms. The largest absolute Gasteiger partial charge is 0.489 e. The topological polar surface area (TPSA) is 54.0 Å². The molecule has 22 heavy (non-hydrogen) atoms. The molecule has 1 unspecified atom stereocenters. The molecule has 0 aliphatic carbocycles. The third-order valence-electron chi connectivity index (χ3n) is 4.96. The summed E-state index contributed by atoms with van der Waals surface area (Å²) in [4.78, 5) is 17.0. The SMILES string of the molecule is CN1CCC(CCN2CCNCC2C(=O)OC2=COC2)CC1. The van der Waals surface area contributed by atoms with Crippen LogP contribution in [0, 0.1) is 5.92 Å². The fraction of sp³-hybridized carbons (Fsp3) is 0.812. The first-order valence-corrected chi connectivity index (χ1v) is 8.38. The number of likely N-dealkylation sites (tertiary alicyclic amines) is 1. The number of rotatable bonds is 5. The zero-order chi connectivity index (χ0) is 15.4. The van der Waals surface area contributed by atoms with E-state index < -0.39 is 0 Å². The first kappa shape index (κ1) is 15.8. The lowest BCUT2D eigenvalue weighted by atomic mass is 9.93. The van der Waals surface area contributed by atoms with Crippen molar-refractivity contribution >= 4 is 5.97 Å². The van der Waals surface area contributed by atoms with Crippen molar-refractivity contribution < 1.29 is 14.3 Å². The smallest absolute Gasteiger partial charge is 0.329 e. The molecule has 2 saturated heterocycles. The van der Waals surface area contributed by atoms with Gasteiger partial charge >= 0.3 is 5.97 Å². The van der Waals surface area contributed by atoms with E-state index in [2.05, 4.69) is 22.2 Å². The molecule has 0 amide bonds. The van der Waals surface area contributed by atoms with E-state index in [0.717, 1.165) is 25.6 Å². The number of ether oxygens (including phenoxy) is 2. The fourth-order valence-corrected chi connectivity index (χ4v) is 3.35. The van der Waals surface area contributed by atoms with Gasteiger partial charge in [0, 0.05) is 19.6 Å². The van der Waals surface area contributed by atoms with Crippen molar-refractivity contribution in [3.63, 3.8) is 0 Å². The van der Waals surface area contributed by atoms with Gasteiger partial charge in [0.15, 0.2) is 5.76 Å². The van der Waals surface area contributed by atoms with Crippen LogP contribution in [-0.4, -0.2) is 74.7 Å². The molecule has 6 nitrogen and oxygen atoms in total. The Morgan fingerprint density at radius 3 is 2.86 bits per heavy atom. The Labute approximate surface area is 132 Å². The van der Waals surface area contributed by atoms with Gasteiger partial charge in [-0.2, -0.15) is 0 Å². The summed E-state index contributed by atoms with van der Waals surface area (Å²) in [6.07, 6.45) is 5.25. The number of esters is 1. The van der Waals surface area contributed by atoms with Crippen LogP contribution >= 0.6 is 0 Å². The fourth-order valence-electron chi connectivity index (χ4n) is 3.35. The summed E-state index contributed by atoms with van der Waals surface area (Å²) in [6.45, 7) is 6.36. The first-order valence-electron chi connectivity index (χ1n) is 8.38. The van der Waals surface area contributed by atoms with Crippen LogP contribution in [0.5, 0.6) is 0 Å². The van der Waals surface area contributed by atoms with Crippen molar-refractivity contribution in [3.05, 3.63) is 12.0 Å². The molecule has 2 fully saturated rings. The molecule has 6 heteroatoms. The lowest BCUT2D eigenvalue weighted by Crippen LogP contribution is -2.55. The number of nitrogens with zero attached hydrogens (tertiary/aromatic N) is 2. The van der Waals surface area contributed by atoms with Crippen LogP contribution in [0.25, 0.3) is 0 Å². The van der Waals surface area contributed by atoms with Crippen LogP contribution in [0.4, 0.5) is 0 Å². The van der Waals surface area contributed by atoms with E-state index >= 15 is 0 Å². The average Bonchev–Trinajstić information content (AvgIpc) is 2.50. The number of carbonyl (C=O) groups excluding carboxylic acids is 1. The maximum atomic E-state index is 12.3. The molecule has 0 aromatic rings. The predicted octanol–water partition coefficient (Wildman–Crippen LogP) is 0.407. The van der Waals surface area contributed by atoms with Gasteiger partial charge in [0.25, 0.3) is 0 Å². The van der Waals surface area contributed by atoms with Crippen molar-refractivity contribution in [1.29, 1.82) is 0 Å². The lowest BCUT2D eigenvalue weighted by molar-refractivity contribution is -0.148. The zero-order valence-corrected chi connectivity index (χ0v) is 13.4. The molecule has 0 saturated carbocycles. The molecule has 0 aromatic carbocycles. The van der Waals surface area contributed by atoms with Crippen LogP contribution in [0.3, 0.4) is 0 Å². The van der Waals surface area contributed by atoms with Crippen molar-refractivity contribution in [2.45, 2.75) is 25.3 Å². The highest BCUT2D eigenvalue weighted by atomic mass is 16.6. The third-order valence-corrected chi connectivity index (χ3v) is 4.96. The highest BCUT2D eigenvalue weighted by Gasteiger charge is 2.31. The van der Waals surface area contributed by atoms with Crippen LogP contribution in [0.2, 0.25) is 0 Å². The van der Waals surface area contributed by atoms with E-state index in [1.807, 2.05) is 0 Å². The number of hydrogen-bond acceptors (Lipinski definition) is 6. The monoisotopic (exact) mass is 309 g/mol. The molecule has 0 radical (unpaired) electrons. The van der Waals surface area contributed by atoms with Gasteiger partial charge in [0.2, 0.25) is 0 Å². The Bertz CT molecular complexity index is 419. The highest BCUT2D eigenvalue weighted by molar-refractivity contribution is 5.77. The Morgan fingerprint density at radius 2 is 2.18 bits per heavy atom. The van der Waals surface area contributed by atoms with Crippen molar-refractivity contribution in [2.24, 2.45) is 5.92 Å². The van der Waals surface area contributed by atoms with Gasteiger partial charge < -0.3 is 19.7 Å². The van der Waals surface area contributed by atoms with Gasteiger partial charge in [-0.1, -0.05) is 0 Å². The summed E-state index contributed by atoms with van der Waals surface area (Å²) >= 11 is 0. The van der Waals surface area contributed by atoms with E-state index in [9.17, 15) is 4.79 Å². The van der Waals surface area contributed by atoms with E-state index in [1.165, 1.54) is 38.6 Å². The predicted molar refractivity (Wildman–Crippen MR) is 83.2 cm³/mol. The van der Waals surface area contributed by atoms with Gasteiger partial charge in [-0.25, -0.2) is 4.79 Å². The average molecular weight is 309 g/mol. The molecule has 1 atom stereocenters. The molecule has 3 rings (SSSR count). The third kappa shape index (κ3) is 4.00. The lowest BCUT2D eigenvalue weighted by Gasteiger charge is -2.36. The van der Waals surface area contributed by atoms with Crippen molar-refractivity contribution in [2.75, 3.05) is 52.9 Å². The van der Waals surface area contributed by atoms with E-state index in [-0.39, 0.29) is 12.0 Å². The van der Waals surface area contributed by atoms with E-state index in [0.29, 0.717) is 18.9 Å². The maximum Gasteiger partial charge on any atom is 0.329 e. The maximum absolute atomic E-state index is 12.3. The molecule has 124 valence electrons. The highest BCUT2D eigenvalue weighted by Crippen LogP contribution is 2.21. The summed E-state index contributed by atoms with van der Waals surface area (Å²) < 4.78 is 10.3. The number of piperazine rings is 1. The second kappa shape index (κ2) is 7.44. The summed E-state index contributed by atoms with van der Waals surface area (Å²) in [6, 6.07) is -0.165. The van der Waals surface area contributed by atoms with Gasteiger partial charge in [0.05, 0.1) is 0 Å². The van der Waals surface area contributed by atoms with E-state index in [4.69, 9.17) is 9.47 Å². The van der Waals surface area contributed by atoms with Crippen LogP contribution in [0.15, 0.2) is 12.0 Å². The molecule has 0 aromatic heterocycles. The zero-order valence-electron chi connectivity index (χ0n) is 13.4. The molecule has 3 heterocycles. The molecule has 0 spiro atoms. The van der Waals surface area contributed by atoms with Gasteiger partial charge in [-0.05, 0) is 51.9 Å². The number of hydrogen-bond donors (Lipinski definition) is 1. The second-order valence-corrected chi connectivity index (χ2v) is 6.61. The van der Waals surface area contributed by atoms with Gasteiger partial charge in [-0.15, -0.1) is 0 Å². The Hall–Kier alpha value is -1.11. The second-order valence-electron chi connectivity index (χ2n) is 6.61. The van der Waals surface area contributed by atoms with Crippen molar-refractivity contribution in [3.8, 4) is 0 Å². The number of nitrogens with one attached hydrogen (secondary N) is 1. The van der Waals surface area contributed by atoms with Crippen LogP contribution in [0.1, 0.15) is 19.3 Å². The van der Waals surface area contributed by atoms with Crippen LogP contribution in [-0.2, 0) is 14.3 Å². The number of piperidine rings is 1. The minimum absolute atomic E-state index is 0.148. The summed E-state index contributed by atoms with van der Waals surface area (Å²) in [7, 11) is 2.19. The Balaban J connectivity index is 1.47. The van der Waals surface area contributed by atoms with Gasteiger partial charge in [0.1, 0.15) is 18.9 Å². The van der Waals surface area contributed by atoms with E-state index in [1.54, 1.807) is 0 Å². The van der Waals surface area contributed by atoms with Crippen molar-refractivity contribution in [1.82, 2.24) is 15.1 Å². The molecule has 1 N–H and O–H groups in total. The summed E-state index contributed by atoms with van der Waals surface area (Å²) in [5.74, 6) is 1.29. The number of carbonyl (C=O) groups is 1. The quantitative estimate of drug-likeness (QED) is 0.742. The minimum Gasteiger partial charge on any atom is -0.489 e. The Morgan fingerprint density at radius 1 is 1.41 bits per heavy atom. The van der Waals surface area contributed by atoms with Gasteiger partial charge in [-0.3, -0.25) is 4.90 Å². The molecule has 3 aliphatic heterocycles. The van der Waals surface area contributed by atoms with Crippen LogP contribution < -0.4 is 5.32 Å². The first-order chi connectivity index (χ1) is 10.7. The summed E-state index contributed by atoms with van der Waals surface area (Å²) in [5.41, 5.74) is 0. The Kier molecular flexibility index (Phi) is 5.33.